The van der Waals surface area contributed by atoms with Gasteiger partial charge in [0.25, 0.3) is 5.91 Å². The fourth-order valence-corrected chi connectivity index (χ4v) is 4.35. The molecule has 0 bridgehead atoms. The van der Waals surface area contributed by atoms with Gasteiger partial charge in [0.1, 0.15) is 11.6 Å². The molecule has 0 radical (unpaired) electrons. The van der Waals surface area contributed by atoms with Crippen molar-refractivity contribution >= 4 is 5.91 Å². The largest absolute Gasteiger partial charge is 0.419 e. The lowest BCUT2D eigenvalue weighted by atomic mass is 9.87. The molecule has 3 aromatic rings. The summed E-state index contributed by atoms with van der Waals surface area (Å²) in [4.78, 5) is 24.3. The van der Waals surface area contributed by atoms with E-state index >= 15 is 0 Å². The van der Waals surface area contributed by atoms with E-state index in [0.29, 0.717) is 30.6 Å². The Bertz CT molecular complexity index is 1150. The van der Waals surface area contributed by atoms with Crippen LogP contribution in [0, 0.1) is 18.7 Å². The molecule has 0 aliphatic carbocycles. The second-order valence-electron chi connectivity index (χ2n) is 8.55. The van der Waals surface area contributed by atoms with E-state index in [1.165, 1.54) is 23.3 Å². The summed E-state index contributed by atoms with van der Waals surface area (Å²) in [5.41, 5.74) is 0.00763. The van der Waals surface area contributed by atoms with Crippen molar-refractivity contribution < 1.29 is 22.4 Å². The first-order valence-electron chi connectivity index (χ1n) is 11.0. The van der Waals surface area contributed by atoms with Crippen molar-refractivity contribution in [3.63, 3.8) is 0 Å². The summed E-state index contributed by atoms with van der Waals surface area (Å²) in [5, 5.41) is 8.19. The molecule has 7 nitrogen and oxygen atoms in total. The highest BCUT2D eigenvalue weighted by molar-refractivity contribution is 5.98. The highest BCUT2D eigenvalue weighted by Gasteiger charge is 2.34. The Morgan fingerprint density at radius 1 is 1.15 bits per heavy atom. The Hall–Kier alpha value is -3.37. The first kappa shape index (κ1) is 23.8. The lowest BCUT2D eigenvalue weighted by molar-refractivity contribution is -0.138. The highest BCUT2D eigenvalue weighted by Crippen LogP contribution is 2.31. The first-order valence-corrected chi connectivity index (χ1v) is 11.0. The van der Waals surface area contributed by atoms with Gasteiger partial charge in [0.2, 0.25) is 0 Å². The molecule has 1 aliphatic rings. The molecule has 1 saturated heterocycles. The van der Waals surface area contributed by atoms with Gasteiger partial charge in [0.05, 0.1) is 29.2 Å². The molecular formula is C23H24F4N6O. The molecule has 0 spiro atoms. The number of carbonyl (C=O) groups excluding carboxylic acids is 1. The van der Waals surface area contributed by atoms with Gasteiger partial charge in [0.15, 0.2) is 0 Å². The van der Waals surface area contributed by atoms with Crippen molar-refractivity contribution in [1.82, 2.24) is 29.9 Å². The van der Waals surface area contributed by atoms with E-state index in [0.717, 1.165) is 25.2 Å². The third-order valence-corrected chi connectivity index (χ3v) is 6.21. The SMILES string of the molecule is Cc1cc(-n2nccn2)c(C(=O)N2CCC[C@@H](C)[C@H]2CCc2ncc(C(F)(F)F)cn2)cc1F. The fourth-order valence-electron chi connectivity index (χ4n) is 4.35. The van der Waals surface area contributed by atoms with Crippen LogP contribution in [0.15, 0.2) is 36.9 Å². The van der Waals surface area contributed by atoms with Crippen molar-refractivity contribution in [3.8, 4) is 5.69 Å². The molecule has 2 atom stereocenters. The number of nitrogens with zero attached hydrogens (tertiary/aromatic N) is 6. The molecule has 0 N–H and O–H groups in total. The number of amides is 1. The molecule has 1 amide bonds. The minimum absolute atomic E-state index is 0.147. The van der Waals surface area contributed by atoms with E-state index in [1.807, 2.05) is 6.92 Å². The second kappa shape index (κ2) is 9.47. The normalized spacial score (nSPS) is 18.8. The zero-order valence-corrected chi connectivity index (χ0v) is 18.8. The van der Waals surface area contributed by atoms with Crippen LogP contribution >= 0.6 is 0 Å². The fraction of sp³-hybridized carbons (Fsp3) is 0.435. The second-order valence-corrected chi connectivity index (χ2v) is 8.55. The zero-order chi connectivity index (χ0) is 24.5. The number of halogens is 4. The average molecular weight is 476 g/mol. The predicted molar refractivity (Wildman–Crippen MR) is 115 cm³/mol. The van der Waals surface area contributed by atoms with Gasteiger partial charge in [0, 0.05) is 31.4 Å². The number of alkyl halides is 3. The summed E-state index contributed by atoms with van der Waals surface area (Å²) < 4.78 is 52.8. The monoisotopic (exact) mass is 476 g/mol. The van der Waals surface area contributed by atoms with Crippen molar-refractivity contribution in [2.75, 3.05) is 6.54 Å². The molecule has 34 heavy (non-hydrogen) atoms. The molecule has 180 valence electrons. The van der Waals surface area contributed by atoms with Crippen molar-refractivity contribution in [2.45, 2.75) is 51.7 Å². The Morgan fingerprint density at radius 2 is 1.82 bits per heavy atom. The Balaban J connectivity index is 1.58. The van der Waals surface area contributed by atoms with Crippen LogP contribution in [-0.2, 0) is 12.6 Å². The lowest BCUT2D eigenvalue weighted by Crippen LogP contribution is -2.48. The lowest BCUT2D eigenvalue weighted by Gasteiger charge is -2.40. The van der Waals surface area contributed by atoms with E-state index in [-0.39, 0.29) is 29.3 Å². The van der Waals surface area contributed by atoms with E-state index in [4.69, 9.17) is 0 Å². The average Bonchev–Trinajstić information content (AvgIpc) is 3.34. The Morgan fingerprint density at radius 3 is 2.47 bits per heavy atom. The van der Waals surface area contributed by atoms with Gasteiger partial charge < -0.3 is 4.90 Å². The molecule has 1 aromatic carbocycles. The standard InChI is InChI=1S/C23H24F4N6O/c1-14-4-3-9-32(19(14)5-6-21-28-12-16(13-29-21)23(25,26)27)22(34)17-11-18(24)15(2)10-20(17)33-30-7-8-31-33/h7-8,10-14,19H,3-6,9H2,1-2H3/t14-,19-/m1/s1. The number of hydrogen-bond acceptors (Lipinski definition) is 5. The number of aryl methyl sites for hydroxylation is 2. The van der Waals surface area contributed by atoms with Gasteiger partial charge in [-0.15, -0.1) is 0 Å². The molecule has 0 unspecified atom stereocenters. The van der Waals surface area contributed by atoms with Crippen LogP contribution in [0.3, 0.4) is 0 Å². The van der Waals surface area contributed by atoms with Crippen molar-refractivity contribution in [2.24, 2.45) is 5.92 Å². The van der Waals surface area contributed by atoms with Crippen LogP contribution in [-0.4, -0.2) is 48.4 Å². The third kappa shape index (κ3) is 4.92. The van der Waals surface area contributed by atoms with Crippen LogP contribution in [0.2, 0.25) is 0 Å². The smallest absolute Gasteiger partial charge is 0.335 e. The van der Waals surface area contributed by atoms with Gasteiger partial charge in [-0.2, -0.15) is 28.2 Å². The molecule has 2 aromatic heterocycles. The Kier molecular flexibility index (Phi) is 6.63. The van der Waals surface area contributed by atoms with Gasteiger partial charge in [-0.25, -0.2) is 14.4 Å². The van der Waals surface area contributed by atoms with Gasteiger partial charge in [-0.3, -0.25) is 4.79 Å². The van der Waals surface area contributed by atoms with Gasteiger partial charge in [-0.05, 0) is 49.8 Å². The molecule has 0 saturated carbocycles. The van der Waals surface area contributed by atoms with E-state index in [9.17, 15) is 22.4 Å². The number of hydrogen-bond donors (Lipinski definition) is 0. The topological polar surface area (TPSA) is 76.8 Å². The third-order valence-electron chi connectivity index (χ3n) is 6.21. The first-order chi connectivity index (χ1) is 16.1. The maximum Gasteiger partial charge on any atom is 0.419 e. The van der Waals surface area contributed by atoms with Crippen LogP contribution in [0.4, 0.5) is 17.6 Å². The maximum atomic E-state index is 14.5. The van der Waals surface area contributed by atoms with E-state index in [2.05, 4.69) is 20.2 Å². The molecule has 1 fully saturated rings. The summed E-state index contributed by atoms with van der Waals surface area (Å²) in [6, 6.07) is 2.56. The van der Waals surface area contributed by atoms with Crippen molar-refractivity contribution in [1.29, 1.82) is 0 Å². The molecular weight excluding hydrogens is 452 g/mol. The molecule has 4 rings (SSSR count). The van der Waals surface area contributed by atoms with Gasteiger partial charge in [-0.1, -0.05) is 6.92 Å². The number of benzene rings is 1. The summed E-state index contributed by atoms with van der Waals surface area (Å²) in [5.74, 6) is -0.412. The van der Waals surface area contributed by atoms with Crippen LogP contribution in [0.25, 0.3) is 5.69 Å². The molecule has 3 heterocycles. The summed E-state index contributed by atoms with van der Waals surface area (Å²) in [6.07, 6.45) is 2.48. The zero-order valence-electron chi connectivity index (χ0n) is 18.8. The minimum atomic E-state index is -4.50. The molecule has 11 heteroatoms. The maximum absolute atomic E-state index is 14.5. The number of likely N-dealkylation sites (tertiary alicyclic amines) is 1. The summed E-state index contributed by atoms with van der Waals surface area (Å²) >= 11 is 0. The van der Waals surface area contributed by atoms with E-state index < -0.39 is 17.6 Å². The van der Waals surface area contributed by atoms with Crippen LogP contribution in [0.1, 0.15) is 53.5 Å². The predicted octanol–water partition coefficient (Wildman–Crippen LogP) is 4.40. The summed E-state index contributed by atoms with van der Waals surface area (Å²) in [7, 11) is 0. The number of carbonyl (C=O) groups is 1. The van der Waals surface area contributed by atoms with Crippen LogP contribution in [0.5, 0.6) is 0 Å². The quantitative estimate of drug-likeness (QED) is 0.511. The highest BCUT2D eigenvalue weighted by atomic mass is 19.4. The summed E-state index contributed by atoms with van der Waals surface area (Å²) in [6.45, 7) is 4.12. The van der Waals surface area contributed by atoms with Crippen molar-refractivity contribution in [3.05, 3.63) is 65.3 Å². The van der Waals surface area contributed by atoms with Gasteiger partial charge >= 0.3 is 6.18 Å². The van der Waals surface area contributed by atoms with Crippen LogP contribution < -0.4 is 0 Å². The number of aromatic nitrogens is 5. The Labute approximate surface area is 193 Å². The van der Waals surface area contributed by atoms with E-state index in [1.54, 1.807) is 17.9 Å². The number of rotatable bonds is 5. The number of piperidine rings is 1. The minimum Gasteiger partial charge on any atom is -0.335 e. The molecule has 1 aliphatic heterocycles.